The summed E-state index contributed by atoms with van der Waals surface area (Å²) in [5.74, 6) is 1.45. The van der Waals surface area contributed by atoms with E-state index in [0.29, 0.717) is 11.9 Å². The third-order valence-electron chi connectivity index (χ3n) is 3.39. The highest BCUT2D eigenvalue weighted by molar-refractivity contribution is 6.17. The van der Waals surface area contributed by atoms with Crippen LogP contribution in [-0.4, -0.2) is 33.6 Å². The first-order chi connectivity index (χ1) is 8.22. The summed E-state index contributed by atoms with van der Waals surface area (Å²) in [4.78, 5) is 6.81. The van der Waals surface area contributed by atoms with Crippen molar-refractivity contribution in [2.45, 2.75) is 45.6 Å². The third kappa shape index (κ3) is 2.86. The lowest BCUT2D eigenvalue weighted by atomic mass is 9.91. The number of hydrogen-bond donors (Lipinski definition) is 0. The van der Waals surface area contributed by atoms with Crippen LogP contribution in [0.3, 0.4) is 0 Å². The number of alkyl halides is 1. The van der Waals surface area contributed by atoms with Crippen LogP contribution in [0.25, 0.3) is 0 Å². The second-order valence-electron chi connectivity index (χ2n) is 4.60. The molecule has 1 saturated carbocycles. The summed E-state index contributed by atoms with van der Waals surface area (Å²) in [6, 6.07) is 0.585. The maximum atomic E-state index is 5.77. The molecule has 0 atom stereocenters. The van der Waals surface area contributed by atoms with E-state index in [9.17, 15) is 0 Å². The summed E-state index contributed by atoms with van der Waals surface area (Å²) in [5.41, 5.74) is 1.87. The fourth-order valence-electron chi connectivity index (χ4n) is 1.94. The zero-order valence-corrected chi connectivity index (χ0v) is 11.2. The summed E-state index contributed by atoms with van der Waals surface area (Å²) in [6.45, 7) is 4.85. The quantitative estimate of drug-likeness (QED) is 0.757. The number of nitrogens with zero attached hydrogens (tertiary/aromatic N) is 4. The summed E-state index contributed by atoms with van der Waals surface area (Å²) in [5, 5.41) is 8.38. The van der Waals surface area contributed by atoms with Crippen molar-refractivity contribution in [3.8, 4) is 0 Å². The summed E-state index contributed by atoms with van der Waals surface area (Å²) < 4.78 is 0. The fraction of sp³-hybridized carbons (Fsp3) is 0.750. The van der Waals surface area contributed by atoms with Gasteiger partial charge in [0, 0.05) is 18.5 Å². The van der Waals surface area contributed by atoms with E-state index >= 15 is 0 Å². The Bertz CT molecular complexity index is 379. The average Bonchev–Trinajstić information content (AvgIpc) is 2.25. The number of aryl methyl sites for hydroxylation is 2. The molecule has 94 valence electrons. The maximum absolute atomic E-state index is 5.77. The highest BCUT2D eigenvalue weighted by Crippen LogP contribution is 2.27. The first-order valence-electron chi connectivity index (χ1n) is 6.23. The molecule has 0 saturated heterocycles. The Hall–Kier alpha value is -0.900. The van der Waals surface area contributed by atoms with Gasteiger partial charge in [-0.15, -0.1) is 16.7 Å². The van der Waals surface area contributed by atoms with Gasteiger partial charge in [0.25, 0.3) is 0 Å². The van der Waals surface area contributed by atoms with Gasteiger partial charge in [-0.2, -0.15) is 5.10 Å². The lowest BCUT2D eigenvalue weighted by Crippen LogP contribution is -2.42. The molecule has 1 fully saturated rings. The molecule has 1 aromatic rings. The Kier molecular flexibility index (Phi) is 4.15. The van der Waals surface area contributed by atoms with E-state index in [4.69, 9.17) is 11.6 Å². The second kappa shape index (κ2) is 5.63. The molecule has 2 rings (SSSR count). The van der Waals surface area contributed by atoms with Crippen LogP contribution in [0.2, 0.25) is 0 Å². The van der Waals surface area contributed by atoms with Crippen molar-refractivity contribution in [1.29, 1.82) is 0 Å². The molecule has 0 unspecified atom stereocenters. The van der Waals surface area contributed by atoms with Gasteiger partial charge in [-0.05, 0) is 39.5 Å². The fourth-order valence-corrected chi connectivity index (χ4v) is 2.06. The van der Waals surface area contributed by atoms with Gasteiger partial charge in [0.05, 0.1) is 11.4 Å². The standard InChI is InChI=1S/C12H19ClN4/c1-9-10(2)15-16-12(14-9)17(8-4-7-13)11-5-3-6-11/h11H,3-8H2,1-2H3. The molecular weight excluding hydrogens is 236 g/mol. The van der Waals surface area contributed by atoms with Crippen LogP contribution in [0.4, 0.5) is 5.95 Å². The van der Waals surface area contributed by atoms with Gasteiger partial charge < -0.3 is 4.90 Å². The Morgan fingerprint density at radius 3 is 2.53 bits per heavy atom. The molecule has 0 aromatic carbocycles. The number of hydrogen-bond acceptors (Lipinski definition) is 4. The molecule has 17 heavy (non-hydrogen) atoms. The minimum absolute atomic E-state index is 0.585. The monoisotopic (exact) mass is 254 g/mol. The first-order valence-corrected chi connectivity index (χ1v) is 6.76. The highest BCUT2D eigenvalue weighted by atomic mass is 35.5. The minimum Gasteiger partial charge on any atom is -0.336 e. The van der Waals surface area contributed by atoms with Crippen molar-refractivity contribution in [3.05, 3.63) is 11.4 Å². The molecule has 0 spiro atoms. The molecule has 0 amide bonds. The summed E-state index contributed by atoms with van der Waals surface area (Å²) in [7, 11) is 0. The molecule has 0 radical (unpaired) electrons. The second-order valence-corrected chi connectivity index (χ2v) is 4.98. The van der Waals surface area contributed by atoms with Crippen LogP contribution < -0.4 is 4.90 Å². The van der Waals surface area contributed by atoms with Crippen molar-refractivity contribution in [2.75, 3.05) is 17.3 Å². The normalized spacial score (nSPS) is 15.7. The van der Waals surface area contributed by atoms with Crippen LogP contribution >= 0.6 is 11.6 Å². The molecule has 0 aliphatic heterocycles. The van der Waals surface area contributed by atoms with Crippen molar-refractivity contribution in [2.24, 2.45) is 0 Å². The van der Waals surface area contributed by atoms with Gasteiger partial charge in [-0.25, -0.2) is 4.98 Å². The van der Waals surface area contributed by atoms with Gasteiger partial charge >= 0.3 is 0 Å². The van der Waals surface area contributed by atoms with Gasteiger partial charge in [0.15, 0.2) is 0 Å². The van der Waals surface area contributed by atoms with Crippen LogP contribution in [0, 0.1) is 13.8 Å². The van der Waals surface area contributed by atoms with Crippen molar-refractivity contribution < 1.29 is 0 Å². The summed E-state index contributed by atoms with van der Waals surface area (Å²) in [6.07, 6.45) is 4.74. The van der Waals surface area contributed by atoms with Crippen LogP contribution in [-0.2, 0) is 0 Å². The number of aromatic nitrogens is 3. The Morgan fingerprint density at radius 2 is 2.00 bits per heavy atom. The minimum atomic E-state index is 0.585. The zero-order chi connectivity index (χ0) is 12.3. The Morgan fingerprint density at radius 1 is 1.24 bits per heavy atom. The Balaban J connectivity index is 2.15. The predicted molar refractivity (Wildman–Crippen MR) is 69.6 cm³/mol. The number of rotatable bonds is 5. The van der Waals surface area contributed by atoms with E-state index in [2.05, 4.69) is 20.1 Å². The highest BCUT2D eigenvalue weighted by Gasteiger charge is 2.26. The van der Waals surface area contributed by atoms with Gasteiger partial charge in [-0.3, -0.25) is 0 Å². The van der Waals surface area contributed by atoms with E-state index in [1.54, 1.807) is 0 Å². The molecule has 0 N–H and O–H groups in total. The average molecular weight is 255 g/mol. The van der Waals surface area contributed by atoms with Crippen LogP contribution in [0.1, 0.15) is 37.1 Å². The van der Waals surface area contributed by atoms with E-state index in [1.807, 2.05) is 13.8 Å². The van der Waals surface area contributed by atoms with E-state index in [-0.39, 0.29) is 0 Å². The molecule has 4 nitrogen and oxygen atoms in total. The first kappa shape index (κ1) is 12.6. The SMILES string of the molecule is Cc1nnc(N(CCCCl)C2CCC2)nc1C. The lowest BCUT2D eigenvalue weighted by molar-refractivity contribution is 0.380. The Labute approximate surface area is 107 Å². The van der Waals surface area contributed by atoms with Gasteiger partial charge in [0.1, 0.15) is 0 Å². The third-order valence-corrected chi connectivity index (χ3v) is 3.65. The molecule has 1 heterocycles. The molecule has 1 aromatic heterocycles. The number of halogens is 1. The molecule has 0 bridgehead atoms. The molecule has 1 aliphatic carbocycles. The van der Waals surface area contributed by atoms with Crippen molar-refractivity contribution in [1.82, 2.24) is 15.2 Å². The van der Waals surface area contributed by atoms with Gasteiger partial charge in [0.2, 0.25) is 5.95 Å². The molecule has 1 aliphatic rings. The zero-order valence-electron chi connectivity index (χ0n) is 10.5. The van der Waals surface area contributed by atoms with Crippen LogP contribution in [0.5, 0.6) is 0 Å². The number of anilines is 1. The largest absolute Gasteiger partial charge is 0.336 e. The van der Waals surface area contributed by atoms with Crippen molar-refractivity contribution in [3.63, 3.8) is 0 Å². The van der Waals surface area contributed by atoms with Gasteiger partial charge in [-0.1, -0.05) is 0 Å². The van der Waals surface area contributed by atoms with E-state index in [1.165, 1.54) is 19.3 Å². The van der Waals surface area contributed by atoms with E-state index < -0.39 is 0 Å². The molecular formula is C12H19ClN4. The molecule has 5 heteroatoms. The van der Waals surface area contributed by atoms with E-state index in [0.717, 1.165) is 30.3 Å². The summed E-state index contributed by atoms with van der Waals surface area (Å²) >= 11 is 5.77. The lowest BCUT2D eigenvalue weighted by Gasteiger charge is -2.37. The topological polar surface area (TPSA) is 41.9 Å². The predicted octanol–water partition coefficient (Wildman–Crippen LogP) is 2.48. The maximum Gasteiger partial charge on any atom is 0.245 e. The van der Waals surface area contributed by atoms with Crippen molar-refractivity contribution >= 4 is 17.5 Å². The smallest absolute Gasteiger partial charge is 0.245 e. The van der Waals surface area contributed by atoms with Crippen LogP contribution in [0.15, 0.2) is 0 Å².